The number of imide groups is 1. The van der Waals surface area contributed by atoms with E-state index in [1.54, 1.807) is 12.1 Å². The second-order valence-electron chi connectivity index (χ2n) is 5.80. The highest BCUT2D eigenvalue weighted by molar-refractivity contribution is 6.22. The van der Waals surface area contributed by atoms with Gasteiger partial charge in [-0.05, 0) is 18.1 Å². The van der Waals surface area contributed by atoms with E-state index in [4.69, 9.17) is 5.11 Å². The number of hydrogen-bond acceptors (Lipinski definition) is 4. The Hall–Kier alpha value is -2.70. The summed E-state index contributed by atoms with van der Waals surface area (Å²) >= 11 is 0. The molecule has 1 aliphatic heterocycles. The van der Waals surface area contributed by atoms with Gasteiger partial charge in [0.2, 0.25) is 5.91 Å². The first kappa shape index (κ1) is 16.7. The first-order chi connectivity index (χ1) is 10.8. The van der Waals surface area contributed by atoms with Gasteiger partial charge in [0.15, 0.2) is 0 Å². The van der Waals surface area contributed by atoms with E-state index in [9.17, 15) is 19.2 Å². The van der Waals surface area contributed by atoms with Crippen LogP contribution in [0.4, 0.5) is 0 Å². The number of fused-ring (bicyclic) bond motifs is 1. The van der Waals surface area contributed by atoms with Crippen molar-refractivity contribution in [2.24, 2.45) is 5.92 Å². The number of benzene rings is 1. The van der Waals surface area contributed by atoms with Gasteiger partial charge in [-0.3, -0.25) is 24.1 Å². The lowest BCUT2D eigenvalue weighted by Crippen LogP contribution is -2.45. The van der Waals surface area contributed by atoms with Crippen molar-refractivity contribution in [3.8, 4) is 0 Å². The number of carbonyl (C=O) groups excluding carboxylic acids is 3. The Morgan fingerprint density at radius 2 is 1.65 bits per heavy atom. The molecule has 0 bridgehead atoms. The molecule has 23 heavy (non-hydrogen) atoms. The highest BCUT2D eigenvalue weighted by Gasteiger charge is 2.37. The number of carbonyl (C=O) groups is 4. The minimum absolute atomic E-state index is 0.0699. The van der Waals surface area contributed by atoms with Crippen LogP contribution in [0.2, 0.25) is 0 Å². The van der Waals surface area contributed by atoms with Crippen LogP contribution in [0.5, 0.6) is 0 Å². The van der Waals surface area contributed by atoms with Crippen molar-refractivity contribution in [2.75, 3.05) is 19.6 Å². The summed E-state index contributed by atoms with van der Waals surface area (Å²) in [6.45, 7) is 3.04. The predicted octanol–water partition coefficient (Wildman–Crippen LogP) is 0.852. The van der Waals surface area contributed by atoms with Crippen LogP contribution in [0.1, 0.15) is 34.6 Å². The Morgan fingerprint density at radius 1 is 1.13 bits per heavy atom. The lowest BCUT2D eigenvalue weighted by Gasteiger charge is -2.24. The highest BCUT2D eigenvalue weighted by atomic mass is 16.4. The van der Waals surface area contributed by atoms with Gasteiger partial charge < -0.3 is 10.0 Å². The Morgan fingerprint density at radius 3 is 2.09 bits per heavy atom. The number of nitrogens with zero attached hydrogens (tertiary/aromatic N) is 2. The minimum atomic E-state index is -1.14. The van der Waals surface area contributed by atoms with Crippen LogP contribution in [0.3, 0.4) is 0 Å². The summed E-state index contributed by atoms with van der Waals surface area (Å²) in [5.74, 6) is -2.69. The van der Waals surface area contributed by atoms with Gasteiger partial charge in [0.1, 0.15) is 13.1 Å². The molecule has 122 valence electrons. The molecule has 2 rings (SSSR count). The molecule has 0 saturated carbocycles. The lowest BCUT2D eigenvalue weighted by molar-refractivity contribution is -0.144. The van der Waals surface area contributed by atoms with E-state index in [0.717, 1.165) is 9.80 Å². The Kier molecular flexibility index (Phi) is 4.78. The van der Waals surface area contributed by atoms with Crippen molar-refractivity contribution >= 4 is 23.7 Å². The molecule has 3 amide bonds. The van der Waals surface area contributed by atoms with Gasteiger partial charge in [0.05, 0.1) is 11.1 Å². The zero-order valence-electron chi connectivity index (χ0n) is 13.0. The first-order valence-electron chi connectivity index (χ1n) is 7.26. The highest BCUT2D eigenvalue weighted by Crippen LogP contribution is 2.22. The summed E-state index contributed by atoms with van der Waals surface area (Å²) in [6, 6.07) is 6.35. The Bertz CT molecular complexity index is 633. The van der Waals surface area contributed by atoms with Crippen LogP contribution in [0.15, 0.2) is 24.3 Å². The average molecular weight is 318 g/mol. The Balaban J connectivity index is 2.14. The third-order valence-electron chi connectivity index (χ3n) is 3.44. The summed E-state index contributed by atoms with van der Waals surface area (Å²) < 4.78 is 0. The smallest absolute Gasteiger partial charge is 0.323 e. The van der Waals surface area contributed by atoms with Crippen LogP contribution in [0.25, 0.3) is 0 Å². The van der Waals surface area contributed by atoms with E-state index in [0.29, 0.717) is 0 Å². The van der Waals surface area contributed by atoms with E-state index in [1.807, 2.05) is 13.8 Å². The molecule has 0 aliphatic carbocycles. The number of rotatable bonds is 6. The number of carboxylic acid groups (broad SMARTS) is 1. The molecule has 1 heterocycles. The van der Waals surface area contributed by atoms with Crippen LogP contribution in [-0.2, 0) is 9.59 Å². The number of hydrogen-bond donors (Lipinski definition) is 1. The molecule has 1 aliphatic rings. The largest absolute Gasteiger partial charge is 0.480 e. The second-order valence-corrected chi connectivity index (χ2v) is 5.80. The van der Waals surface area contributed by atoms with Gasteiger partial charge in [0, 0.05) is 6.54 Å². The fourth-order valence-electron chi connectivity index (χ4n) is 2.48. The maximum Gasteiger partial charge on any atom is 0.323 e. The molecule has 0 atom stereocenters. The molecule has 1 aromatic rings. The second kappa shape index (κ2) is 6.60. The fourth-order valence-corrected chi connectivity index (χ4v) is 2.48. The molecule has 0 saturated heterocycles. The first-order valence-corrected chi connectivity index (χ1v) is 7.26. The van der Waals surface area contributed by atoms with Gasteiger partial charge in [-0.2, -0.15) is 0 Å². The van der Waals surface area contributed by atoms with Crippen LogP contribution >= 0.6 is 0 Å². The molecule has 0 aromatic heterocycles. The normalized spacial score (nSPS) is 13.4. The zero-order chi connectivity index (χ0) is 17.1. The van der Waals surface area contributed by atoms with E-state index in [2.05, 4.69) is 0 Å². The number of carboxylic acids is 1. The summed E-state index contributed by atoms with van der Waals surface area (Å²) in [5.41, 5.74) is 0.526. The third-order valence-corrected chi connectivity index (χ3v) is 3.44. The number of amides is 3. The van der Waals surface area contributed by atoms with Crippen LogP contribution < -0.4 is 0 Å². The van der Waals surface area contributed by atoms with Crippen LogP contribution in [-0.4, -0.2) is 58.2 Å². The molecule has 0 fully saturated rings. The molecular formula is C16H18N2O5. The summed E-state index contributed by atoms with van der Waals surface area (Å²) in [5, 5.41) is 8.91. The Labute approximate surface area is 133 Å². The molecule has 7 nitrogen and oxygen atoms in total. The van der Waals surface area contributed by atoms with Crippen LogP contribution in [0, 0.1) is 5.92 Å². The zero-order valence-corrected chi connectivity index (χ0v) is 13.0. The molecule has 7 heteroatoms. The van der Waals surface area contributed by atoms with E-state index in [1.165, 1.54) is 12.1 Å². The lowest BCUT2D eigenvalue weighted by atomic mass is 10.1. The quantitative estimate of drug-likeness (QED) is 0.785. The van der Waals surface area contributed by atoms with Gasteiger partial charge in [-0.1, -0.05) is 26.0 Å². The molecule has 0 spiro atoms. The summed E-state index contributed by atoms with van der Waals surface area (Å²) in [4.78, 5) is 49.7. The number of aliphatic carboxylic acids is 1. The van der Waals surface area contributed by atoms with Crippen molar-refractivity contribution in [3.05, 3.63) is 35.4 Å². The maximum atomic E-state index is 12.3. The third kappa shape index (κ3) is 3.56. The van der Waals surface area contributed by atoms with Crippen molar-refractivity contribution in [3.63, 3.8) is 0 Å². The van der Waals surface area contributed by atoms with Gasteiger partial charge in [-0.25, -0.2) is 0 Å². The molecule has 1 N–H and O–H groups in total. The van der Waals surface area contributed by atoms with Gasteiger partial charge in [-0.15, -0.1) is 0 Å². The van der Waals surface area contributed by atoms with E-state index >= 15 is 0 Å². The molecular weight excluding hydrogens is 300 g/mol. The molecule has 0 radical (unpaired) electrons. The molecule has 1 aromatic carbocycles. The topological polar surface area (TPSA) is 95.0 Å². The van der Waals surface area contributed by atoms with Crippen molar-refractivity contribution in [2.45, 2.75) is 13.8 Å². The fraction of sp³-hybridized carbons (Fsp3) is 0.375. The maximum absolute atomic E-state index is 12.3. The van der Waals surface area contributed by atoms with Crippen molar-refractivity contribution < 1.29 is 24.3 Å². The molecule has 0 unspecified atom stereocenters. The van der Waals surface area contributed by atoms with Gasteiger partial charge in [0.25, 0.3) is 11.8 Å². The standard InChI is InChI=1S/C16H18N2O5/c1-10(2)7-17(9-14(20)21)13(19)8-18-15(22)11-5-3-4-6-12(11)16(18)23/h3-6,10H,7-9H2,1-2H3,(H,20,21). The SMILES string of the molecule is CC(C)CN(CC(=O)O)C(=O)CN1C(=O)c2ccccc2C1=O. The average Bonchev–Trinajstić information content (AvgIpc) is 2.71. The van der Waals surface area contributed by atoms with Crippen molar-refractivity contribution in [1.29, 1.82) is 0 Å². The summed E-state index contributed by atoms with van der Waals surface area (Å²) in [6.07, 6.45) is 0. The minimum Gasteiger partial charge on any atom is -0.480 e. The van der Waals surface area contributed by atoms with E-state index in [-0.39, 0.29) is 23.6 Å². The monoisotopic (exact) mass is 318 g/mol. The van der Waals surface area contributed by atoms with Crippen molar-refractivity contribution in [1.82, 2.24) is 9.80 Å². The van der Waals surface area contributed by atoms with E-state index < -0.39 is 36.8 Å². The summed E-state index contributed by atoms with van der Waals surface area (Å²) in [7, 11) is 0. The van der Waals surface area contributed by atoms with Gasteiger partial charge >= 0.3 is 5.97 Å². The predicted molar refractivity (Wildman–Crippen MR) is 80.9 cm³/mol.